The highest BCUT2D eigenvalue weighted by Gasteiger charge is 2.02. The standard InChI is InChI=1S/C9H19NO2/c1-3-5-8(4-2)10-9(12)6-7-11/h5,9-12H,3-4,6-7H2,1-2H3/b8-5+. The van der Waals surface area contributed by atoms with E-state index in [0.717, 1.165) is 18.5 Å². The molecule has 0 amide bonds. The van der Waals surface area contributed by atoms with Gasteiger partial charge in [-0.15, -0.1) is 0 Å². The van der Waals surface area contributed by atoms with E-state index in [1.807, 2.05) is 13.0 Å². The summed E-state index contributed by atoms with van der Waals surface area (Å²) in [6.45, 7) is 4.09. The first-order valence-electron chi connectivity index (χ1n) is 4.49. The molecule has 0 saturated heterocycles. The summed E-state index contributed by atoms with van der Waals surface area (Å²) in [7, 11) is 0. The van der Waals surface area contributed by atoms with Crippen molar-refractivity contribution in [2.45, 2.75) is 39.3 Å². The number of rotatable bonds is 6. The Labute approximate surface area is 74.1 Å². The molecule has 0 radical (unpaired) electrons. The molecule has 12 heavy (non-hydrogen) atoms. The lowest BCUT2D eigenvalue weighted by atomic mass is 10.2. The first kappa shape index (κ1) is 11.5. The summed E-state index contributed by atoms with van der Waals surface area (Å²) >= 11 is 0. The summed E-state index contributed by atoms with van der Waals surface area (Å²) in [5.74, 6) is 0. The Morgan fingerprint density at radius 3 is 2.58 bits per heavy atom. The Morgan fingerprint density at radius 1 is 1.50 bits per heavy atom. The van der Waals surface area contributed by atoms with Crippen molar-refractivity contribution in [1.82, 2.24) is 5.32 Å². The predicted molar refractivity (Wildman–Crippen MR) is 49.5 cm³/mol. The van der Waals surface area contributed by atoms with Crippen LogP contribution in [0, 0.1) is 0 Å². The molecule has 0 aliphatic rings. The third-order valence-corrected chi connectivity index (χ3v) is 1.59. The van der Waals surface area contributed by atoms with Crippen molar-refractivity contribution < 1.29 is 10.2 Å². The largest absolute Gasteiger partial charge is 0.396 e. The Kier molecular flexibility index (Phi) is 6.81. The summed E-state index contributed by atoms with van der Waals surface area (Å²) < 4.78 is 0. The van der Waals surface area contributed by atoms with E-state index in [1.54, 1.807) is 0 Å². The molecule has 72 valence electrons. The third-order valence-electron chi connectivity index (χ3n) is 1.59. The number of aliphatic hydroxyl groups is 2. The van der Waals surface area contributed by atoms with Crippen LogP contribution >= 0.6 is 0 Å². The highest BCUT2D eigenvalue weighted by Crippen LogP contribution is 2.00. The zero-order valence-electron chi connectivity index (χ0n) is 7.88. The maximum atomic E-state index is 9.27. The van der Waals surface area contributed by atoms with Crippen molar-refractivity contribution in [3.8, 4) is 0 Å². The maximum absolute atomic E-state index is 9.27. The van der Waals surface area contributed by atoms with Gasteiger partial charge in [0.25, 0.3) is 0 Å². The van der Waals surface area contributed by atoms with Gasteiger partial charge in [0.1, 0.15) is 6.23 Å². The van der Waals surface area contributed by atoms with Gasteiger partial charge >= 0.3 is 0 Å². The fourth-order valence-corrected chi connectivity index (χ4v) is 0.960. The summed E-state index contributed by atoms with van der Waals surface area (Å²) in [6, 6.07) is 0. The fraction of sp³-hybridized carbons (Fsp3) is 0.778. The molecule has 0 aromatic carbocycles. The van der Waals surface area contributed by atoms with Crippen molar-refractivity contribution in [3.63, 3.8) is 0 Å². The number of hydrogen-bond acceptors (Lipinski definition) is 3. The molecule has 0 aliphatic heterocycles. The second-order valence-electron chi connectivity index (χ2n) is 2.66. The summed E-state index contributed by atoms with van der Waals surface area (Å²) in [6.07, 6.45) is 3.65. The van der Waals surface area contributed by atoms with Gasteiger partial charge in [0.2, 0.25) is 0 Å². The first-order valence-corrected chi connectivity index (χ1v) is 4.49. The Morgan fingerprint density at radius 2 is 2.17 bits per heavy atom. The Balaban J connectivity index is 3.77. The van der Waals surface area contributed by atoms with Crippen LogP contribution in [0.2, 0.25) is 0 Å². The topological polar surface area (TPSA) is 52.5 Å². The van der Waals surface area contributed by atoms with Crippen LogP contribution in [0.3, 0.4) is 0 Å². The molecule has 0 aliphatic carbocycles. The van der Waals surface area contributed by atoms with Gasteiger partial charge in [0.15, 0.2) is 0 Å². The normalized spacial score (nSPS) is 14.5. The quantitative estimate of drug-likeness (QED) is 0.525. The second-order valence-corrected chi connectivity index (χ2v) is 2.66. The Hall–Kier alpha value is -0.540. The number of hydrogen-bond donors (Lipinski definition) is 3. The van der Waals surface area contributed by atoms with E-state index >= 15 is 0 Å². The molecule has 0 fully saturated rings. The first-order chi connectivity index (χ1) is 5.74. The number of nitrogens with one attached hydrogen (secondary N) is 1. The molecule has 3 heteroatoms. The van der Waals surface area contributed by atoms with Crippen LogP contribution in [0.15, 0.2) is 11.8 Å². The van der Waals surface area contributed by atoms with Gasteiger partial charge in [-0.2, -0.15) is 0 Å². The number of allylic oxidation sites excluding steroid dienone is 2. The van der Waals surface area contributed by atoms with Gasteiger partial charge < -0.3 is 15.5 Å². The van der Waals surface area contributed by atoms with Crippen molar-refractivity contribution in [2.75, 3.05) is 6.61 Å². The molecule has 3 nitrogen and oxygen atoms in total. The van der Waals surface area contributed by atoms with Gasteiger partial charge in [-0.3, -0.25) is 0 Å². The highest BCUT2D eigenvalue weighted by atomic mass is 16.3. The van der Waals surface area contributed by atoms with E-state index in [0.29, 0.717) is 6.42 Å². The summed E-state index contributed by atoms with van der Waals surface area (Å²) in [5.41, 5.74) is 1.04. The minimum absolute atomic E-state index is 0.0112. The average Bonchev–Trinajstić information content (AvgIpc) is 2.04. The van der Waals surface area contributed by atoms with Gasteiger partial charge in [0.05, 0.1) is 0 Å². The minimum Gasteiger partial charge on any atom is -0.396 e. The van der Waals surface area contributed by atoms with Crippen LogP contribution in [-0.4, -0.2) is 23.0 Å². The molecule has 0 saturated carbocycles. The van der Waals surface area contributed by atoms with E-state index in [2.05, 4.69) is 12.2 Å². The lowest BCUT2D eigenvalue weighted by Gasteiger charge is -2.14. The van der Waals surface area contributed by atoms with Gasteiger partial charge in [-0.25, -0.2) is 0 Å². The molecule has 0 bridgehead atoms. The third kappa shape index (κ3) is 5.16. The smallest absolute Gasteiger partial charge is 0.126 e. The van der Waals surface area contributed by atoms with Crippen molar-refractivity contribution >= 4 is 0 Å². The van der Waals surface area contributed by atoms with Crippen molar-refractivity contribution in [1.29, 1.82) is 0 Å². The van der Waals surface area contributed by atoms with E-state index in [4.69, 9.17) is 5.11 Å². The zero-order valence-corrected chi connectivity index (χ0v) is 7.88. The molecular weight excluding hydrogens is 154 g/mol. The predicted octanol–water partition coefficient (Wildman–Crippen LogP) is 0.981. The van der Waals surface area contributed by atoms with Crippen molar-refractivity contribution in [2.24, 2.45) is 0 Å². The lowest BCUT2D eigenvalue weighted by molar-refractivity contribution is 0.111. The summed E-state index contributed by atoms with van der Waals surface area (Å²) in [5, 5.41) is 20.7. The molecular formula is C9H19NO2. The van der Waals surface area contributed by atoms with E-state index in [1.165, 1.54) is 0 Å². The molecule has 1 unspecified atom stereocenters. The highest BCUT2D eigenvalue weighted by molar-refractivity contribution is 4.98. The van der Waals surface area contributed by atoms with Gasteiger partial charge in [-0.05, 0) is 12.8 Å². The molecule has 0 heterocycles. The Bertz CT molecular complexity index is 134. The minimum atomic E-state index is -0.618. The molecule has 0 aromatic rings. The van der Waals surface area contributed by atoms with Crippen LogP contribution in [0.4, 0.5) is 0 Å². The van der Waals surface area contributed by atoms with E-state index in [-0.39, 0.29) is 6.61 Å². The monoisotopic (exact) mass is 173 g/mol. The van der Waals surface area contributed by atoms with Crippen LogP contribution in [0.5, 0.6) is 0 Å². The molecule has 0 aromatic heterocycles. The van der Waals surface area contributed by atoms with Gasteiger partial charge in [0, 0.05) is 18.7 Å². The molecule has 3 N–H and O–H groups in total. The molecule has 1 atom stereocenters. The van der Waals surface area contributed by atoms with Crippen molar-refractivity contribution in [3.05, 3.63) is 11.8 Å². The average molecular weight is 173 g/mol. The summed E-state index contributed by atoms with van der Waals surface area (Å²) in [4.78, 5) is 0. The van der Waals surface area contributed by atoms with Crippen LogP contribution in [0.1, 0.15) is 33.1 Å². The number of aliphatic hydroxyl groups excluding tert-OH is 2. The molecule has 0 spiro atoms. The van der Waals surface area contributed by atoms with Crippen LogP contribution < -0.4 is 5.32 Å². The van der Waals surface area contributed by atoms with E-state index in [9.17, 15) is 5.11 Å². The van der Waals surface area contributed by atoms with Crippen LogP contribution in [-0.2, 0) is 0 Å². The van der Waals surface area contributed by atoms with Crippen LogP contribution in [0.25, 0.3) is 0 Å². The van der Waals surface area contributed by atoms with Gasteiger partial charge in [-0.1, -0.05) is 19.9 Å². The zero-order chi connectivity index (χ0) is 9.40. The lowest BCUT2D eigenvalue weighted by Crippen LogP contribution is -2.28. The fourth-order valence-electron chi connectivity index (χ4n) is 0.960. The second kappa shape index (κ2) is 7.13. The van der Waals surface area contributed by atoms with E-state index < -0.39 is 6.23 Å². The maximum Gasteiger partial charge on any atom is 0.126 e. The SMILES string of the molecule is CC/C=C(\CC)NC(O)CCO. The molecule has 0 rings (SSSR count).